The van der Waals surface area contributed by atoms with Crippen molar-refractivity contribution in [2.75, 3.05) is 0 Å². The van der Waals surface area contributed by atoms with Gasteiger partial charge in [0.25, 0.3) is 0 Å². The average molecular weight is 446 g/mol. The number of benzene rings is 3. The highest BCUT2D eigenvalue weighted by molar-refractivity contribution is 6.35. The van der Waals surface area contributed by atoms with E-state index in [9.17, 15) is 0 Å². The maximum atomic E-state index is 6.39. The Hall–Kier alpha value is -1.97. The summed E-state index contributed by atoms with van der Waals surface area (Å²) >= 11 is 12.4. The molecule has 0 saturated heterocycles. The number of fused-ring (bicyclic) bond motifs is 1. The minimum Gasteiger partial charge on any atom is -0.343 e. The van der Waals surface area contributed by atoms with Crippen LogP contribution in [0.4, 0.5) is 0 Å². The summed E-state index contributed by atoms with van der Waals surface area (Å²) in [5, 5.41) is 6.19. The third-order valence-electron chi connectivity index (χ3n) is 4.99. The monoisotopic (exact) mass is 444 g/mol. The lowest BCUT2D eigenvalue weighted by Gasteiger charge is -2.08. The second-order valence-corrected chi connectivity index (χ2v) is 7.97. The van der Waals surface area contributed by atoms with Gasteiger partial charge in [0, 0.05) is 46.8 Å². The lowest BCUT2D eigenvalue weighted by atomic mass is 10.1. The van der Waals surface area contributed by atoms with Crippen LogP contribution in [0.3, 0.4) is 0 Å². The van der Waals surface area contributed by atoms with Crippen molar-refractivity contribution in [3.05, 3.63) is 105 Å². The molecule has 5 heteroatoms. The number of aryl methyl sites for hydroxylation is 1. The number of halogens is 3. The smallest absolute Gasteiger partial charge is 0.0491 e. The van der Waals surface area contributed by atoms with Crippen molar-refractivity contribution in [1.29, 1.82) is 0 Å². The van der Waals surface area contributed by atoms with Crippen LogP contribution >= 0.6 is 35.6 Å². The first-order valence-corrected chi connectivity index (χ1v) is 10.1. The molecule has 150 valence electrons. The van der Waals surface area contributed by atoms with Crippen molar-refractivity contribution in [1.82, 2.24) is 9.88 Å². The Bertz CT molecular complexity index is 1100. The summed E-state index contributed by atoms with van der Waals surface area (Å²) in [4.78, 5) is 0. The Morgan fingerprint density at radius 3 is 2.38 bits per heavy atom. The fourth-order valence-corrected chi connectivity index (χ4v) is 3.94. The van der Waals surface area contributed by atoms with E-state index < -0.39 is 0 Å². The molecule has 4 aromatic rings. The van der Waals surface area contributed by atoms with Gasteiger partial charge in [-0.3, -0.25) is 0 Å². The summed E-state index contributed by atoms with van der Waals surface area (Å²) in [5.74, 6) is 0. The van der Waals surface area contributed by atoms with Gasteiger partial charge in [-0.2, -0.15) is 0 Å². The number of hydrogen-bond acceptors (Lipinski definition) is 1. The average Bonchev–Trinajstić information content (AvgIpc) is 3.03. The Morgan fingerprint density at radius 2 is 1.62 bits per heavy atom. The summed E-state index contributed by atoms with van der Waals surface area (Å²) in [7, 11) is 0. The van der Waals surface area contributed by atoms with E-state index in [1.807, 2.05) is 12.1 Å². The largest absolute Gasteiger partial charge is 0.343 e. The lowest BCUT2D eigenvalue weighted by Crippen LogP contribution is -2.12. The van der Waals surface area contributed by atoms with E-state index in [0.717, 1.165) is 18.7 Å². The van der Waals surface area contributed by atoms with Crippen molar-refractivity contribution >= 4 is 46.5 Å². The normalized spacial score (nSPS) is 10.9. The van der Waals surface area contributed by atoms with Crippen molar-refractivity contribution in [3.63, 3.8) is 0 Å². The van der Waals surface area contributed by atoms with E-state index in [4.69, 9.17) is 23.2 Å². The van der Waals surface area contributed by atoms with Crippen LogP contribution < -0.4 is 5.32 Å². The van der Waals surface area contributed by atoms with Crippen molar-refractivity contribution in [2.45, 2.75) is 26.6 Å². The number of aromatic nitrogens is 1. The van der Waals surface area contributed by atoms with Gasteiger partial charge in [-0.05, 0) is 41.8 Å². The van der Waals surface area contributed by atoms with E-state index >= 15 is 0 Å². The standard InChI is InChI=1S/C24H22Cl2N2.ClH/c1-17-6-8-18(9-7-17)13-27-14-20-16-28(24-5-3-2-4-22(20)24)15-19-10-11-21(25)12-23(19)26;/h2-12,16,27H,13-15H2,1H3;1H. The Morgan fingerprint density at radius 1 is 0.862 bits per heavy atom. The van der Waals surface area contributed by atoms with Gasteiger partial charge in [-0.25, -0.2) is 0 Å². The molecular weight excluding hydrogens is 423 g/mol. The van der Waals surface area contributed by atoms with E-state index in [0.29, 0.717) is 16.6 Å². The van der Waals surface area contributed by atoms with Crippen molar-refractivity contribution in [3.8, 4) is 0 Å². The highest BCUT2D eigenvalue weighted by Gasteiger charge is 2.10. The maximum absolute atomic E-state index is 6.39. The fraction of sp³-hybridized carbons (Fsp3) is 0.167. The SMILES string of the molecule is Cc1ccc(CNCc2cn(Cc3ccc(Cl)cc3Cl)c3ccccc23)cc1.Cl. The number of nitrogens with zero attached hydrogens (tertiary/aromatic N) is 1. The summed E-state index contributed by atoms with van der Waals surface area (Å²) < 4.78 is 2.26. The van der Waals surface area contributed by atoms with Gasteiger partial charge in [-0.15, -0.1) is 12.4 Å². The molecular formula is C24H23Cl3N2. The first-order valence-electron chi connectivity index (χ1n) is 9.37. The van der Waals surface area contributed by atoms with Crippen LogP contribution in [0.2, 0.25) is 10.0 Å². The molecule has 0 saturated carbocycles. The summed E-state index contributed by atoms with van der Waals surface area (Å²) in [5.41, 5.74) is 6.13. The van der Waals surface area contributed by atoms with Gasteiger partial charge in [0.05, 0.1) is 0 Å². The van der Waals surface area contributed by atoms with Gasteiger partial charge in [0.15, 0.2) is 0 Å². The molecule has 1 heterocycles. The van der Waals surface area contributed by atoms with Crippen LogP contribution in [0, 0.1) is 6.92 Å². The van der Waals surface area contributed by atoms with Gasteiger partial charge >= 0.3 is 0 Å². The topological polar surface area (TPSA) is 17.0 Å². The molecule has 2 nitrogen and oxygen atoms in total. The molecule has 0 fully saturated rings. The van der Waals surface area contributed by atoms with Crippen LogP contribution in [0.1, 0.15) is 22.3 Å². The number of para-hydroxylation sites is 1. The van der Waals surface area contributed by atoms with Crippen LogP contribution in [0.15, 0.2) is 72.9 Å². The molecule has 0 bridgehead atoms. The minimum atomic E-state index is 0. The molecule has 0 amide bonds. The summed E-state index contributed by atoms with van der Waals surface area (Å²) in [6.07, 6.45) is 2.22. The number of nitrogens with one attached hydrogen (secondary N) is 1. The predicted molar refractivity (Wildman–Crippen MR) is 126 cm³/mol. The zero-order valence-electron chi connectivity index (χ0n) is 16.2. The summed E-state index contributed by atoms with van der Waals surface area (Å²) in [6, 6.07) is 22.8. The van der Waals surface area contributed by atoms with Crippen LogP contribution in [-0.4, -0.2) is 4.57 Å². The minimum absolute atomic E-state index is 0. The third kappa shape index (κ3) is 5.15. The molecule has 0 unspecified atom stereocenters. The molecule has 0 aliphatic carbocycles. The van der Waals surface area contributed by atoms with Crippen LogP contribution in [-0.2, 0) is 19.6 Å². The zero-order chi connectivity index (χ0) is 19.5. The van der Waals surface area contributed by atoms with E-state index in [1.165, 1.54) is 27.6 Å². The Balaban J connectivity index is 0.00000240. The molecule has 0 aliphatic heterocycles. The molecule has 1 N–H and O–H groups in total. The van der Waals surface area contributed by atoms with E-state index in [2.05, 4.69) is 71.5 Å². The van der Waals surface area contributed by atoms with Gasteiger partial charge in [0.1, 0.15) is 0 Å². The van der Waals surface area contributed by atoms with Gasteiger partial charge < -0.3 is 9.88 Å². The number of hydrogen-bond donors (Lipinski definition) is 1. The van der Waals surface area contributed by atoms with Crippen molar-refractivity contribution in [2.24, 2.45) is 0 Å². The zero-order valence-corrected chi connectivity index (χ0v) is 18.5. The second kappa shape index (κ2) is 9.69. The first-order chi connectivity index (χ1) is 13.6. The molecule has 29 heavy (non-hydrogen) atoms. The van der Waals surface area contributed by atoms with E-state index in [-0.39, 0.29) is 12.4 Å². The van der Waals surface area contributed by atoms with Gasteiger partial charge in [-0.1, -0.05) is 77.3 Å². The van der Waals surface area contributed by atoms with Gasteiger partial charge in [0.2, 0.25) is 0 Å². The Kier molecular flexibility index (Phi) is 7.26. The van der Waals surface area contributed by atoms with E-state index in [1.54, 1.807) is 6.07 Å². The molecule has 0 aliphatic rings. The highest BCUT2D eigenvalue weighted by atomic mass is 35.5. The first kappa shape index (κ1) is 21.7. The predicted octanol–water partition coefficient (Wildman–Crippen LogP) is 7.02. The van der Waals surface area contributed by atoms with Crippen molar-refractivity contribution < 1.29 is 0 Å². The van der Waals surface area contributed by atoms with Crippen LogP contribution in [0.5, 0.6) is 0 Å². The maximum Gasteiger partial charge on any atom is 0.0491 e. The highest BCUT2D eigenvalue weighted by Crippen LogP contribution is 2.26. The molecule has 0 radical (unpaired) electrons. The summed E-state index contributed by atoms with van der Waals surface area (Å²) in [6.45, 7) is 4.49. The molecule has 3 aromatic carbocycles. The second-order valence-electron chi connectivity index (χ2n) is 7.12. The quantitative estimate of drug-likeness (QED) is 0.337. The molecule has 4 rings (SSSR count). The fourth-order valence-electron chi connectivity index (χ4n) is 3.48. The lowest BCUT2D eigenvalue weighted by molar-refractivity contribution is 0.692. The Labute approximate surface area is 187 Å². The molecule has 0 atom stereocenters. The molecule has 1 aromatic heterocycles. The third-order valence-corrected chi connectivity index (χ3v) is 5.58. The number of rotatable bonds is 6. The van der Waals surface area contributed by atoms with Crippen LogP contribution in [0.25, 0.3) is 10.9 Å². The molecule has 0 spiro atoms.